The molecule has 5 nitrogen and oxygen atoms in total. The lowest BCUT2D eigenvalue weighted by molar-refractivity contribution is 0.0138. The first-order chi connectivity index (χ1) is 8.66. The number of amides is 1. The maximum Gasteiger partial charge on any atom is 0.254 e. The maximum atomic E-state index is 12.1. The summed E-state index contributed by atoms with van der Waals surface area (Å²) >= 11 is 0. The number of aryl methyl sites for hydroxylation is 1. The lowest BCUT2D eigenvalue weighted by Crippen LogP contribution is -2.43. The van der Waals surface area contributed by atoms with Crippen LogP contribution in [0.2, 0.25) is 0 Å². The van der Waals surface area contributed by atoms with Crippen molar-refractivity contribution in [2.45, 2.75) is 40.7 Å². The number of hydrogen-bond donors (Lipinski definition) is 2. The zero-order chi connectivity index (χ0) is 14.8. The van der Waals surface area contributed by atoms with E-state index in [9.17, 15) is 9.90 Å². The maximum absolute atomic E-state index is 12.1. The van der Waals surface area contributed by atoms with Gasteiger partial charge in [0.05, 0.1) is 17.9 Å². The zero-order valence-electron chi connectivity index (χ0n) is 12.7. The molecule has 2 N–H and O–H groups in total. The fourth-order valence-electron chi connectivity index (χ4n) is 2.13. The number of nitrogens with zero attached hydrogens (tertiary/aromatic N) is 2. The van der Waals surface area contributed by atoms with E-state index >= 15 is 0 Å². The minimum atomic E-state index is -0.456. The molecule has 0 radical (unpaired) electrons. The van der Waals surface area contributed by atoms with Gasteiger partial charge < -0.3 is 10.4 Å². The van der Waals surface area contributed by atoms with Crippen molar-refractivity contribution in [3.05, 3.63) is 17.5 Å². The fourth-order valence-corrected chi connectivity index (χ4v) is 2.13. The second-order valence-electron chi connectivity index (χ2n) is 6.13. The van der Waals surface area contributed by atoms with Crippen LogP contribution in [-0.4, -0.2) is 33.4 Å². The van der Waals surface area contributed by atoms with Gasteiger partial charge in [0, 0.05) is 24.7 Å². The van der Waals surface area contributed by atoms with Gasteiger partial charge in [0.1, 0.15) is 0 Å². The molecule has 1 heterocycles. The van der Waals surface area contributed by atoms with Gasteiger partial charge in [-0.3, -0.25) is 9.48 Å². The number of rotatable bonds is 5. The van der Waals surface area contributed by atoms with E-state index in [1.54, 1.807) is 17.9 Å². The van der Waals surface area contributed by atoms with Gasteiger partial charge in [-0.2, -0.15) is 5.10 Å². The Kier molecular flexibility index (Phi) is 4.74. The molecule has 108 valence electrons. The van der Waals surface area contributed by atoms with E-state index in [4.69, 9.17) is 0 Å². The Morgan fingerprint density at radius 1 is 1.53 bits per heavy atom. The summed E-state index contributed by atoms with van der Waals surface area (Å²) in [6.07, 6.45) is 1.11. The summed E-state index contributed by atoms with van der Waals surface area (Å²) in [7, 11) is 1.80. The highest BCUT2D eigenvalue weighted by Crippen LogP contribution is 2.25. The summed E-state index contributed by atoms with van der Waals surface area (Å²) in [5.41, 5.74) is 1.05. The highest BCUT2D eigenvalue weighted by atomic mass is 16.3. The lowest BCUT2D eigenvalue weighted by Gasteiger charge is -2.33. The van der Waals surface area contributed by atoms with Gasteiger partial charge in [0.2, 0.25) is 0 Å². The van der Waals surface area contributed by atoms with Crippen molar-refractivity contribution in [3.63, 3.8) is 0 Å². The molecule has 0 saturated heterocycles. The molecule has 19 heavy (non-hydrogen) atoms. The van der Waals surface area contributed by atoms with Crippen LogP contribution >= 0.6 is 0 Å². The van der Waals surface area contributed by atoms with Crippen LogP contribution in [0.4, 0.5) is 0 Å². The van der Waals surface area contributed by atoms with Crippen molar-refractivity contribution >= 4 is 5.91 Å². The van der Waals surface area contributed by atoms with E-state index in [-0.39, 0.29) is 17.2 Å². The average Bonchev–Trinajstić information content (AvgIpc) is 2.66. The molecule has 0 saturated carbocycles. The van der Waals surface area contributed by atoms with Crippen LogP contribution in [0.25, 0.3) is 0 Å². The molecule has 0 fully saturated rings. The summed E-state index contributed by atoms with van der Waals surface area (Å²) in [6.45, 7) is 10.1. The lowest BCUT2D eigenvalue weighted by atomic mass is 9.80. The highest BCUT2D eigenvalue weighted by Gasteiger charge is 2.30. The predicted octanol–water partition coefficient (Wildman–Crippen LogP) is 1.50. The molecule has 1 amide bonds. The van der Waals surface area contributed by atoms with Crippen molar-refractivity contribution in [1.82, 2.24) is 15.1 Å². The number of aliphatic hydroxyl groups is 1. The third-order valence-electron chi connectivity index (χ3n) is 3.62. The molecule has 0 aliphatic rings. The predicted molar refractivity (Wildman–Crippen MR) is 74.9 cm³/mol. The van der Waals surface area contributed by atoms with Gasteiger partial charge in [-0.05, 0) is 12.8 Å². The monoisotopic (exact) mass is 267 g/mol. The Bertz CT molecular complexity index is 450. The number of aromatic nitrogens is 2. The SMILES string of the molecule is Cc1c(C(=O)NCC(C)(C)C(O)C(C)C)cnn1C. The summed E-state index contributed by atoms with van der Waals surface area (Å²) < 4.78 is 1.67. The first-order valence-corrected chi connectivity index (χ1v) is 6.61. The van der Waals surface area contributed by atoms with Crippen molar-refractivity contribution in [3.8, 4) is 0 Å². The third-order valence-corrected chi connectivity index (χ3v) is 3.62. The molecule has 1 rings (SSSR count). The standard InChI is InChI=1S/C14H25N3O2/c1-9(2)12(18)14(4,5)8-15-13(19)11-7-16-17(6)10(11)3/h7,9,12,18H,8H2,1-6H3,(H,15,19). The van der Waals surface area contributed by atoms with E-state index in [0.29, 0.717) is 12.1 Å². The minimum absolute atomic E-state index is 0.144. The third kappa shape index (κ3) is 3.56. The van der Waals surface area contributed by atoms with Gasteiger partial charge in [-0.25, -0.2) is 0 Å². The first-order valence-electron chi connectivity index (χ1n) is 6.61. The minimum Gasteiger partial charge on any atom is -0.392 e. The summed E-state index contributed by atoms with van der Waals surface area (Å²) in [4.78, 5) is 12.1. The number of carbonyl (C=O) groups is 1. The van der Waals surface area contributed by atoms with Crippen molar-refractivity contribution in [1.29, 1.82) is 0 Å². The molecular weight excluding hydrogens is 242 g/mol. The molecule has 0 aromatic carbocycles. The second-order valence-corrected chi connectivity index (χ2v) is 6.13. The van der Waals surface area contributed by atoms with Crippen molar-refractivity contribution in [2.75, 3.05) is 6.54 Å². The number of aliphatic hydroxyl groups excluding tert-OH is 1. The largest absolute Gasteiger partial charge is 0.392 e. The van der Waals surface area contributed by atoms with Gasteiger partial charge in [-0.15, -0.1) is 0 Å². The van der Waals surface area contributed by atoms with Crippen molar-refractivity contribution in [2.24, 2.45) is 18.4 Å². The molecule has 0 aliphatic heterocycles. The van der Waals surface area contributed by atoms with Crippen LogP contribution < -0.4 is 5.32 Å². The topological polar surface area (TPSA) is 67.2 Å². The van der Waals surface area contributed by atoms with E-state index in [0.717, 1.165) is 5.69 Å². The smallest absolute Gasteiger partial charge is 0.254 e. The first kappa shape index (κ1) is 15.7. The summed E-state index contributed by atoms with van der Waals surface area (Å²) in [6, 6.07) is 0. The van der Waals surface area contributed by atoms with E-state index in [1.165, 1.54) is 0 Å². The van der Waals surface area contributed by atoms with Gasteiger partial charge in [0.15, 0.2) is 0 Å². The van der Waals surface area contributed by atoms with Gasteiger partial charge in [0.25, 0.3) is 5.91 Å². The van der Waals surface area contributed by atoms with Crippen molar-refractivity contribution < 1.29 is 9.90 Å². The highest BCUT2D eigenvalue weighted by molar-refractivity contribution is 5.95. The molecule has 1 aromatic heterocycles. The molecule has 0 bridgehead atoms. The molecule has 0 spiro atoms. The van der Waals surface area contributed by atoms with Crippen LogP contribution in [0.3, 0.4) is 0 Å². The molecule has 1 aromatic rings. The van der Waals surface area contributed by atoms with Crippen LogP contribution in [0.1, 0.15) is 43.7 Å². The van der Waals surface area contributed by atoms with Crippen LogP contribution in [-0.2, 0) is 7.05 Å². The van der Waals surface area contributed by atoms with Crippen LogP contribution in [0, 0.1) is 18.3 Å². The number of hydrogen-bond acceptors (Lipinski definition) is 3. The summed E-state index contributed by atoms with van der Waals surface area (Å²) in [5.74, 6) is 0.0154. The Labute approximate surface area is 115 Å². The van der Waals surface area contributed by atoms with Gasteiger partial charge in [-0.1, -0.05) is 27.7 Å². The average molecular weight is 267 g/mol. The molecule has 5 heteroatoms. The molecule has 0 aliphatic carbocycles. The summed E-state index contributed by atoms with van der Waals surface area (Å²) in [5, 5.41) is 17.1. The zero-order valence-corrected chi connectivity index (χ0v) is 12.7. The molecule has 1 unspecified atom stereocenters. The van der Waals surface area contributed by atoms with E-state index < -0.39 is 6.10 Å². The Morgan fingerprint density at radius 3 is 2.53 bits per heavy atom. The number of carbonyl (C=O) groups excluding carboxylic acids is 1. The Balaban J connectivity index is 2.67. The quantitative estimate of drug-likeness (QED) is 0.849. The number of nitrogens with one attached hydrogen (secondary N) is 1. The van der Waals surface area contributed by atoms with E-state index in [2.05, 4.69) is 10.4 Å². The van der Waals surface area contributed by atoms with Crippen LogP contribution in [0.15, 0.2) is 6.20 Å². The van der Waals surface area contributed by atoms with E-state index in [1.807, 2.05) is 34.6 Å². The Hall–Kier alpha value is -1.36. The Morgan fingerprint density at radius 2 is 2.11 bits per heavy atom. The molecular formula is C14H25N3O2. The normalized spacial score (nSPS) is 13.7. The molecule has 1 atom stereocenters. The second kappa shape index (κ2) is 5.74. The van der Waals surface area contributed by atoms with Gasteiger partial charge >= 0.3 is 0 Å². The fraction of sp³-hybridized carbons (Fsp3) is 0.714. The van der Waals surface area contributed by atoms with Crippen LogP contribution in [0.5, 0.6) is 0 Å².